The zero-order valence-corrected chi connectivity index (χ0v) is 23.0. The number of halogens is 1. The number of aromatic nitrogens is 2. The Kier molecular flexibility index (Phi) is 7.57. The summed E-state index contributed by atoms with van der Waals surface area (Å²) in [6, 6.07) is 17.8. The molecule has 9 heteroatoms. The molecule has 0 aliphatic rings. The van der Waals surface area contributed by atoms with Gasteiger partial charge < -0.3 is 10.6 Å². The van der Waals surface area contributed by atoms with Gasteiger partial charge >= 0.3 is 0 Å². The van der Waals surface area contributed by atoms with E-state index in [2.05, 4.69) is 20.8 Å². The lowest BCUT2D eigenvalue weighted by Crippen LogP contribution is -2.40. The molecule has 37 heavy (non-hydrogen) atoms. The lowest BCUT2D eigenvalue weighted by Gasteiger charge is -2.32. The maximum atomic E-state index is 14.3. The summed E-state index contributed by atoms with van der Waals surface area (Å²) in [5.74, 6) is -1.13. The molecular weight excluding hydrogens is 507 g/mol. The molecule has 0 saturated carbocycles. The Morgan fingerprint density at radius 2 is 1.70 bits per heavy atom. The van der Waals surface area contributed by atoms with Gasteiger partial charge in [0.1, 0.15) is 11.3 Å². The number of benzene rings is 2. The number of nitrogens with zero attached hydrogens (tertiary/aromatic N) is 2. The van der Waals surface area contributed by atoms with E-state index in [1.165, 1.54) is 23.5 Å². The van der Waals surface area contributed by atoms with E-state index in [1.807, 2.05) is 65.0 Å². The van der Waals surface area contributed by atoms with E-state index in [9.17, 15) is 14.0 Å². The molecule has 0 fully saturated rings. The number of hydrogen-bond acceptors (Lipinski definition) is 6. The second kappa shape index (κ2) is 10.5. The first-order valence-corrected chi connectivity index (χ1v) is 13.5. The van der Waals surface area contributed by atoms with Crippen molar-refractivity contribution in [1.82, 2.24) is 15.5 Å². The minimum absolute atomic E-state index is 0.125. The van der Waals surface area contributed by atoms with Crippen LogP contribution in [0.5, 0.6) is 0 Å². The number of hydrogen-bond donors (Lipinski definition) is 2. The van der Waals surface area contributed by atoms with Crippen molar-refractivity contribution in [3.8, 4) is 10.4 Å². The summed E-state index contributed by atoms with van der Waals surface area (Å²) in [4.78, 5) is 27.8. The molecule has 2 aromatic carbocycles. The van der Waals surface area contributed by atoms with Gasteiger partial charge in [0, 0.05) is 26.8 Å². The van der Waals surface area contributed by atoms with Crippen LogP contribution in [0.3, 0.4) is 0 Å². The van der Waals surface area contributed by atoms with Gasteiger partial charge in [0.15, 0.2) is 0 Å². The van der Waals surface area contributed by atoms with Gasteiger partial charge in [-0.05, 0) is 68.3 Å². The first kappa shape index (κ1) is 26.6. The summed E-state index contributed by atoms with van der Waals surface area (Å²) in [5.41, 5.74) is 2.55. The molecule has 2 N–H and O–H groups in total. The highest BCUT2D eigenvalue weighted by atomic mass is 32.1. The second-order valence-electron chi connectivity index (χ2n) is 10.4. The second-order valence-corrected chi connectivity index (χ2v) is 12.3. The summed E-state index contributed by atoms with van der Waals surface area (Å²) in [6.07, 6.45) is 0. The van der Waals surface area contributed by atoms with E-state index in [0.717, 1.165) is 15.3 Å². The van der Waals surface area contributed by atoms with Crippen LogP contribution >= 0.6 is 22.7 Å². The minimum Gasteiger partial charge on any atom is -0.347 e. The third kappa shape index (κ3) is 6.29. The van der Waals surface area contributed by atoms with Crippen LogP contribution in [0.15, 0.2) is 66.2 Å². The van der Waals surface area contributed by atoms with E-state index in [4.69, 9.17) is 0 Å². The molecular formula is C28H29FN4O2S2. The van der Waals surface area contributed by atoms with Crippen LogP contribution in [0.4, 0.5) is 9.52 Å². The first-order valence-electron chi connectivity index (χ1n) is 11.8. The molecule has 0 saturated heterocycles. The summed E-state index contributed by atoms with van der Waals surface area (Å²) in [6.45, 7) is 9.52. The molecule has 0 spiro atoms. The number of amides is 2. The van der Waals surface area contributed by atoms with Crippen molar-refractivity contribution >= 4 is 39.6 Å². The molecule has 4 aromatic rings. The maximum absolute atomic E-state index is 14.3. The van der Waals surface area contributed by atoms with Crippen LogP contribution in [-0.2, 0) is 4.79 Å². The Hall–Kier alpha value is -3.43. The Morgan fingerprint density at radius 3 is 2.32 bits per heavy atom. The Morgan fingerprint density at radius 1 is 0.973 bits per heavy atom. The van der Waals surface area contributed by atoms with E-state index in [1.54, 1.807) is 35.0 Å². The molecule has 0 unspecified atom stereocenters. The highest BCUT2D eigenvalue weighted by Crippen LogP contribution is 2.46. The molecule has 4 rings (SSSR count). The van der Waals surface area contributed by atoms with Gasteiger partial charge in [0.2, 0.25) is 11.0 Å². The molecule has 0 radical (unpaired) electrons. The van der Waals surface area contributed by atoms with E-state index in [0.29, 0.717) is 16.3 Å². The summed E-state index contributed by atoms with van der Waals surface area (Å²) >= 11 is 2.78. The molecule has 0 aliphatic heterocycles. The Bertz CT molecular complexity index is 1390. The fraction of sp³-hybridized carbons (Fsp3) is 0.286. The number of rotatable bonds is 7. The number of anilines is 1. The average Bonchev–Trinajstić information content (AvgIpc) is 3.51. The normalized spacial score (nSPS) is 12.7. The lowest BCUT2D eigenvalue weighted by atomic mass is 9.73. The van der Waals surface area contributed by atoms with Gasteiger partial charge in [-0.1, -0.05) is 49.4 Å². The van der Waals surface area contributed by atoms with Crippen LogP contribution in [0.1, 0.15) is 61.3 Å². The number of thiophene rings is 1. The van der Waals surface area contributed by atoms with Gasteiger partial charge in [-0.2, -0.15) is 0 Å². The molecule has 192 valence electrons. The fourth-order valence-electron chi connectivity index (χ4n) is 4.10. The minimum atomic E-state index is -0.934. The van der Waals surface area contributed by atoms with Crippen molar-refractivity contribution in [3.05, 3.63) is 88.0 Å². The Labute approximate surface area is 224 Å². The fourth-order valence-corrected chi connectivity index (χ4v) is 5.87. The quantitative estimate of drug-likeness (QED) is 0.274. The van der Waals surface area contributed by atoms with Gasteiger partial charge in [0.05, 0.1) is 5.41 Å². The standard InChI is InChI=1S/C28H29FN4O2S2/c1-27(2,3)32-24(34)18-11-9-17(10-12-18)21-13-14-22(37-21)23(19-7-6-8-20(29)15-19)28(4,5)25(35)31-26-33-30-16-36-26/h6-16,23H,1-5H3,(H,32,34)(H,31,33,35)/t23-/m0/s1. The molecule has 0 bridgehead atoms. The van der Waals surface area contributed by atoms with Crippen molar-refractivity contribution in [2.24, 2.45) is 5.41 Å². The van der Waals surface area contributed by atoms with Crippen molar-refractivity contribution < 1.29 is 14.0 Å². The number of carbonyl (C=O) groups excluding carboxylic acids is 2. The Balaban J connectivity index is 1.66. The van der Waals surface area contributed by atoms with Gasteiger partial charge in [-0.15, -0.1) is 21.5 Å². The third-order valence-corrected chi connectivity index (χ3v) is 7.71. The number of carbonyl (C=O) groups is 2. The molecule has 6 nitrogen and oxygen atoms in total. The van der Waals surface area contributed by atoms with Crippen molar-refractivity contribution in [2.45, 2.75) is 46.1 Å². The zero-order valence-electron chi connectivity index (χ0n) is 21.3. The monoisotopic (exact) mass is 536 g/mol. The van der Waals surface area contributed by atoms with Crippen LogP contribution in [0, 0.1) is 11.2 Å². The third-order valence-electron chi connectivity index (χ3n) is 5.90. The molecule has 1 atom stereocenters. The van der Waals surface area contributed by atoms with E-state index < -0.39 is 11.3 Å². The smallest absolute Gasteiger partial charge is 0.251 e. The molecule has 2 heterocycles. The SMILES string of the molecule is CC(C)(C)NC(=O)c1ccc(-c2ccc([C@H](c3cccc(F)c3)C(C)(C)C(=O)Nc3nncs3)s2)cc1. The van der Waals surface area contributed by atoms with E-state index in [-0.39, 0.29) is 23.2 Å². The topological polar surface area (TPSA) is 84.0 Å². The van der Waals surface area contributed by atoms with Gasteiger partial charge in [-0.3, -0.25) is 9.59 Å². The van der Waals surface area contributed by atoms with E-state index >= 15 is 0 Å². The first-order chi connectivity index (χ1) is 17.4. The van der Waals surface area contributed by atoms with Crippen LogP contribution in [0.25, 0.3) is 10.4 Å². The summed E-state index contributed by atoms with van der Waals surface area (Å²) in [5, 5.41) is 13.9. The zero-order chi connectivity index (χ0) is 26.8. The molecule has 2 amide bonds. The average molecular weight is 537 g/mol. The van der Waals surface area contributed by atoms with Gasteiger partial charge in [0.25, 0.3) is 5.91 Å². The highest BCUT2D eigenvalue weighted by Gasteiger charge is 2.40. The molecule has 0 aliphatic carbocycles. The van der Waals surface area contributed by atoms with Crippen molar-refractivity contribution in [2.75, 3.05) is 5.32 Å². The lowest BCUT2D eigenvalue weighted by molar-refractivity contribution is -0.124. The molecule has 2 aromatic heterocycles. The maximum Gasteiger partial charge on any atom is 0.251 e. The van der Waals surface area contributed by atoms with Crippen LogP contribution in [-0.4, -0.2) is 27.6 Å². The highest BCUT2D eigenvalue weighted by molar-refractivity contribution is 7.15. The largest absolute Gasteiger partial charge is 0.347 e. The number of nitrogens with one attached hydrogen (secondary N) is 2. The van der Waals surface area contributed by atoms with Crippen LogP contribution in [0.2, 0.25) is 0 Å². The van der Waals surface area contributed by atoms with Crippen molar-refractivity contribution in [1.29, 1.82) is 0 Å². The summed E-state index contributed by atoms with van der Waals surface area (Å²) in [7, 11) is 0. The summed E-state index contributed by atoms with van der Waals surface area (Å²) < 4.78 is 14.3. The van der Waals surface area contributed by atoms with Crippen LogP contribution < -0.4 is 10.6 Å². The van der Waals surface area contributed by atoms with Crippen molar-refractivity contribution in [3.63, 3.8) is 0 Å². The predicted octanol–water partition coefficient (Wildman–Crippen LogP) is 6.73. The van der Waals surface area contributed by atoms with Gasteiger partial charge in [-0.25, -0.2) is 4.39 Å². The predicted molar refractivity (Wildman–Crippen MR) is 148 cm³/mol.